The summed E-state index contributed by atoms with van der Waals surface area (Å²) in [6, 6.07) is 5.10. The number of imide groups is 1. The van der Waals surface area contributed by atoms with Crippen molar-refractivity contribution in [3.8, 4) is 0 Å². The van der Waals surface area contributed by atoms with Gasteiger partial charge in [0.1, 0.15) is 11.9 Å². The van der Waals surface area contributed by atoms with Gasteiger partial charge in [0.2, 0.25) is 29.6 Å². The Morgan fingerprint density at radius 3 is 2.46 bits per heavy atom. The maximum Gasteiger partial charge on any atom is 0.329 e. The summed E-state index contributed by atoms with van der Waals surface area (Å²) in [5, 5.41) is 5.83. The molecule has 5 unspecified atom stereocenters. The van der Waals surface area contributed by atoms with Crippen LogP contribution in [-0.2, 0) is 48.3 Å². The third-order valence-electron chi connectivity index (χ3n) is 15.5. The van der Waals surface area contributed by atoms with Gasteiger partial charge in [-0.05, 0) is 81.8 Å². The van der Waals surface area contributed by atoms with Crippen molar-refractivity contribution < 1.29 is 27.6 Å². The summed E-state index contributed by atoms with van der Waals surface area (Å²) in [4.78, 5) is 77.9. The lowest BCUT2D eigenvalue weighted by atomic mass is 9.96. The SMILES string of the molecule is CC1CCCC1N1C(=O)C2(CC2)c2cnc(NC3CCN(S(=O)(=O)N4CC5CN(C(=O)CCCCCCCc6cccc7c6n(C)c(=O)n7C6CCC(=O)NC6=O)CC54)CC3)nc21. The number of carbonyl (C=O) groups is 4. The Kier molecular flexibility index (Phi) is 11.0. The zero-order chi connectivity index (χ0) is 43.8. The van der Waals surface area contributed by atoms with E-state index in [1.807, 2.05) is 34.2 Å². The summed E-state index contributed by atoms with van der Waals surface area (Å²) in [5.41, 5.74) is 2.83. The van der Waals surface area contributed by atoms with Gasteiger partial charge in [0.25, 0.3) is 10.2 Å². The van der Waals surface area contributed by atoms with Crippen LogP contribution in [0, 0.1) is 11.8 Å². The fraction of sp³-hybridized carbons (Fsp3) is 0.667. The number of nitrogens with zero attached hydrogens (tertiary/aromatic N) is 8. The minimum atomic E-state index is -3.66. The third-order valence-corrected chi connectivity index (χ3v) is 17.6. The lowest BCUT2D eigenvalue weighted by Gasteiger charge is -2.45. The van der Waals surface area contributed by atoms with Crippen LogP contribution in [0.1, 0.15) is 120 Å². The van der Waals surface area contributed by atoms with Gasteiger partial charge < -0.3 is 10.2 Å². The predicted molar refractivity (Wildman–Crippen MR) is 235 cm³/mol. The molecule has 2 N–H and O–H groups in total. The quantitative estimate of drug-likeness (QED) is 0.179. The van der Waals surface area contributed by atoms with Crippen LogP contribution in [0.4, 0.5) is 11.8 Å². The standard InChI is InChI=1S/C45H60N10O7S/c1-28-10-8-13-33(28)55-40-32(45(20-21-45)42(55)59)24-46-43(49-40)47-31-18-22-52(23-19-31)63(61,62)53-26-30-25-51(27-36(30)53)38(57)15-7-5-3-4-6-11-29-12-9-14-34-39(29)50(2)44(60)54(34)35-16-17-37(56)48-41(35)58/h9,12,14,24,28,30-31,33,35-36H,3-8,10-11,13,15-23,25-27H2,1-2H3,(H,46,47,49)(H,48,56,58). The smallest absolute Gasteiger partial charge is 0.329 e. The zero-order valence-corrected chi connectivity index (χ0v) is 37.3. The molecule has 1 aromatic carbocycles. The first kappa shape index (κ1) is 42.3. The van der Waals surface area contributed by atoms with Crippen molar-refractivity contribution in [2.24, 2.45) is 18.9 Å². The first-order valence-corrected chi connectivity index (χ1v) is 24.8. The average molecular weight is 885 g/mol. The number of amides is 4. The normalized spacial score (nSPS) is 27.3. The van der Waals surface area contributed by atoms with Crippen molar-refractivity contribution in [3.05, 3.63) is 46.0 Å². The highest BCUT2D eigenvalue weighted by molar-refractivity contribution is 7.86. The lowest BCUT2D eigenvalue weighted by Crippen LogP contribution is -2.62. The van der Waals surface area contributed by atoms with Crippen LogP contribution in [0.25, 0.3) is 11.0 Å². The van der Waals surface area contributed by atoms with Crippen LogP contribution in [0.2, 0.25) is 0 Å². The molecule has 5 aliphatic heterocycles. The molecule has 4 saturated heterocycles. The van der Waals surface area contributed by atoms with Gasteiger partial charge in [0.05, 0.1) is 16.4 Å². The summed E-state index contributed by atoms with van der Waals surface area (Å²) in [7, 11) is -1.94. The molecule has 5 atom stereocenters. The highest BCUT2D eigenvalue weighted by atomic mass is 32.2. The first-order valence-electron chi connectivity index (χ1n) is 23.4. The first-order chi connectivity index (χ1) is 30.4. The fourth-order valence-corrected chi connectivity index (χ4v) is 13.6. The van der Waals surface area contributed by atoms with Gasteiger partial charge >= 0.3 is 5.69 Å². The lowest BCUT2D eigenvalue weighted by molar-refractivity contribution is -0.136. The van der Waals surface area contributed by atoms with Crippen LogP contribution in [0.15, 0.2) is 29.2 Å². The fourth-order valence-electron chi connectivity index (χ4n) is 11.7. The molecule has 2 aliphatic carbocycles. The number of rotatable bonds is 14. The summed E-state index contributed by atoms with van der Waals surface area (Å²) < 4.78 is 34.0. The summed E-state index contributed by atoms with van der Waals surface area (Å²) in [6.45, 7) is 4.50. The van der Waals surface area contributed by atoms with E-state index in [1.54, 1.807) is 20.2 Å². The maximum atomic E-state index is 13.9. The van der Waals surface area contributed by atoms with Crippen molar-refractivity contribution in [2.75, 3.05) is 42.9 Å². The Morgan fingerprint density at radius 1 is 0.937 bits per heavy atom. The Labute approximate surface area is 368 Å². The van der Waals surface area contributed by atoms with Crippen molar-refractivity contribution >= 4 is 56.6 Å². The molecule has 1 spiro atoms. The minimum absolute atomic E-state index is 0.0162. The molecule has 3 aromatic rings. The molecule has 338 valence electrons. The number of aromatic nitrogens is 4. The molecule has 6 fully saturated rings. The maximum absolute atomic E-state index is 13.9. The van der Waals surface area contributed by atoms with E-state index in [4.69, 9.17) is 4.98 Å². The number of carbonyl (C=O) groups excluding carboxylic acids is 4. The number of likely N-dealkylation sites (tertiary alicyclic amines) is 1. The molecule has 0 radical (unpaired) electrons. The van der Waals surface area contributed by atoms with Crippen LogP contribution < -0.4 is 21.2 Å². The van der Waals surface area contributed by atoms with E-state index in [1.165, 1.54) is 4.57 Å². The van der Waals surface area contributed by atoms with E-state index in [0.29, 0.717) is 75.8 Å². The second-order valence-electron chi connectivity index (χ2n) is 19.4. The molecule has 0 bridgehead atoms. The summed E-state index contributed by atoms with van der Waals surface area (Å²) in [6.07, 6.45) is 14.3. The number of hydrogen-bond acceptors (Lipinski definition) is 10. The molecule has 63 heavy (non-hydrogen) atoms. The molecule has 4 amide bonds. The molecule has 7 aliphatic rings. The molecule has 18 heteroatoms. The monoisotopic (exact) mass is 884 g/mol. The van der Waals surface area contributed by atoms with E-state index in [-0.39, 0.29) is 53.9 Å². The van der Waals surface area contributed by atoms with Crippen molar-refractivity contribution in [1.82, 2.24) is 37.9 Å². The number of hydrogen-bond donors (Lipinski definition) is 2. The Bertz CT molecular complexity index is 2510. The average Bonchev–Trinajstić information content (AvgIpc) is 3.67. The molecular weight excluding hydrogens is 825 g/mol. The van der Waals surface area contributed by atoms with Gasteiger partial charge in [-0.15, -0.1) is 0 Å². The number of unbranched alkanes of at least 4 members (excludes halogenated alkanes) is 4. The number of piperidine rings is 2. The Hall–Kier alpha value is -4.68. The number of imidazole rings is 1. The Morgan fingerprint density at radius 2 is 1.71 bits per heavy atom. The van der Waals surface area contributed by atoms with Gasteiger partial charge in [-0.1, -0.05) is 44.7 Å². The third kappa shape index (κ3) is 7.37. The number of para-hydroxylation sites is 1. The van der Waals surface area contributed by atoms with Crippen molar-refractivity contribution in [1.29, 1.82) is 0 Å². The summed E-state index contributed by atoms with van der Waals surface area (Å²) >= 11 is 0. The van der Waals surface area contributed by atoms with Crippen LogP contribution >= 0.6 is 0 Å². The van der Waals surface area contributed by atoms with Gasteiger partial charge in [-0.2, -0.15) is 22.0 Å². The van der Waals surface area contributed by atoms with E-state index < -0.39 is 27.6 Å². The largest absolute Gasteiger partial charge is 0.351 e. The highest BCUT2D eigenvalue weighted by Crippen LogP contribution is 2.58. The van der Waals surface area contributed by atoms with Gasteiger partial charge in [0.15, 0.2) is 0 Å². The molecular formula is C45H60N10O7S. The van der Waals surface area contributed by atoms with E-state index in [9.17, 15) is 32.4 Å². The van der Waals surface area contributed by atoms with E-state index >= 15 is 0 Å². The van der Waals surface area contributed by atoms with Crippen molar-refractivity contribution in [2.45, 2.75) is 139 Å². The van der Waals surface area contributed by atoms with Crippen LogP contribution in [0.5, 0.6) is 0 Å². The molecule has 7 heterocycles. The minimum Gasteiger partial charge on any atom is -0.351 e. The van der Waals surface area contributed by atoms with E-state index in [2.05, 4.69) is 22.5 Å². The van der Waals surface area contributed by atoms with Gasteiger partial charge in [-0.3, -0.25) is 38.5 Å². The molecule has 10 rings (SSSR count). The predicted octanol–water partition coefficient (Wildman–Crippen LogP) is 3.52. The van der Waals surface area contributed by atoms with Crippen molar-refractivity contribution in [3.63, 3.8) is 0 Å². The van der Waals surface area contributed by atoms with Gasteiger partial charge in [-0.25, -0.2) is 9.78 Å². The number of benzene rings is 1. The molecule has 17 nitrogen and oxygen atoms in total. The summed E-state index contributed by atoms with van der Waals surface area (Å²) in [5.74, 6) is 1.39. The number of fused-ring (bicyclic) bond motifs is 4. The second kappa shape index (κ2) is 16.4. The van der Waals surface area contributed by atoms with E-state index in [0.717, 1.165) is 93.1 Å². The zero-order valence-electron chi connectivity index (χ0n) is 36.5. The Balaban J connectivity index is 0.656. The second-order valence-corrected chi connectivity index (χ2v) is 21.3. The van der Waals surface area contributed by atoms with Gasteiger partial charge in [0, 0.05) is 88.4 Å². The van der Waals surface area contributed by atoms with Crippen LogP contribution in [-0.4, -0.2) is 116 Å². The highest BCUT2D eigenvalue weighted by Gasteiger charge is 2.62. The number of anilines is 2. The molecule has 2 saturated carbocycles. The number of nitrogens with one attached hydrogen (secondary N) is 2. The number of aryl methyl sites for hydroxylation is 2. The van der Waals surface area contributed by atoms with Crippen LogP contribution in [0.3, 0.4) is 0 Å². The topological polar surface area (TPSA) is 192 Å². The molecule has 2 aromatic heterocycles.